The van der Waals surface area contributed by atoms with Gasteiger partial charge in [0.2, 0.25) is 0 Å². The van der Waals surface area contributed by atoms with Crippen LogP contribution in [-0.4, -0.2) is 70.7 Å². The van der Waals surface area contributed by atoms with Gasteiger partial charge in [0.25, 0.3) is 0 Å². The molecule has 4 bridgehead atoms. The Morgan fingerprint density at radius 3 is 1.83 bits per heavy atom. The maximum absolute atomic E-state index is 3.99. The maximum Gasteiger partial charge on any atom is 0.0558 e. The molecule has 2 heterocycles. The van der Waals surface area contributed by atoms with Crippen molar-refractivity contribution in [2.75, 3.05) is 45.4 Å². The van der Waals surface area contributed by atoms with Crippen LogP contribution in [0.25, 0.3) is 0 Å². The molecule has 2 saturated heterocycles. The summed E-state index contributed by atoms with van der Waals surface area (Å²) in [7, 11) is 5.41. The second kappa shape index (κ2) is 9.55. The van der Waals surface area contributed by atoms with Crippen molar-refractivity contribution in [2.45, 2.75) is 74.5 Å². The predicted molar refractivity (Wildman–Crippen MR) is 159 cm³/mol. The van der Waals surface area contributed by atoms with Crippen molar-refractivity contribution < 1.29 is 0 Å². The monoisotopic (exact) mass is 532 g/mol. The normalized spacial score (nSPS) is 45.2. The Kier molecular flexibility index (Phi) is 7.00. The van der Waals surface area contributed by atoms with Crippen LogP contribution in [0.1, 0.15) is 32.1 Å². The Balaban J connectivity index is 1.48. The van der Waals surface area contributed by atoms with Crippen molar-refractivity contribution in [3.05, 3.63) is 23.3 Å². The lowest BCUT2D eigenvalue weighted by Gasteiger charge is -2.63. The summed E-state index contributed by atoms with van der Waals surface area (Å²) < 4.78 is 0. The fraction of sp³-hybridized carbons (Fsp3) is 0.857. The molecule has 5 atom stereocenters. The number of rotatable bonds is 6. The molecule has 2 aliphatic heterocycles. The lowest BCUT2D eigenvalue weighted by Crippen LogP contribution is -2.69. The van der Waals surface area contributed by atoms with Crippen LogP contribution in [0, 0.1) is 29.1 Å². The Morgan fingerprint density at radius 2 is 1.40 bits per heavy atom. The number of allylic oxidation sites excluding steroid dienone is 3. The number of hydrogen-bond acceptors (Lipinski definition) is 4. The van der Waals surface area contributed by atoms with Gasteiger partial charge in [-0.15, -0.1) is 18.5 Å². The maximum atomic E-state index is 3.99. The van der Waals surface area contributed by atoms with Gasteiger partial charge in [-0.1, -0.05) is 31.8 Å². The van der Waals surface area contributed by atoms with Crippen molar-refractivity contribution in [2.24, 2.45) is 29.1 Å². The van der Waals surface area contributed by atoms with Crippen LogP contribution < -0.4 is 21.3 Å². The Labute approximate surface area is 219 Å². The summed E-state index contributed by atoms with van der Waals surface area (Å²) in [5, 5.41) is 15.5. The summed E-state index contributed by atoms with van der Waals surface area (Å²) in [6, 6.07) is 0.846. The van der Waals surface area contributed by atoms with Gasteiger partial charge in [0.1, 0.15) is 0 Å². The largest absolute Gasteiger partial charge is 0.314 e. The molecule has 4 saturated carbocycles. The molecule has 7 aliphatic rings. The highest BCUT2D eigenvalue weighted by molar-refractivity contribution is 7.19. The standard InChI is InChI=1S/C28H50N4P2Si/c1-35(2,3)22-13-23(27(17-33)20-9-18-8-19(11-20)12-21(27)10-18)24(14-22)28(34,25-15-29-4-6-31-25)26-16-30-5-7-32-26/h13-14,18-22,25-26,29-32H,4-12,15-17,33-34H2,1-3H3. The van der Waals surface area contributed by atoms with E-state index in [9.17, 15) is 0 Å². The van der Waals surface area contributed by atoms with Gasteiger partial charge >= 0.3 is 0 Å². The third-order valence-electron chi connectivity index (χ3n) is 11.1. The van der Waals surface area contributed by atoms with E-state index in [1.165, 1.54) is 38.3 Å². The van der Waals surface area contributed by atoms with Crippen LogP contribution in [0.15, 0.2) is 23.3 Å². The minimum absolute atomic E-state index is 0.0113. The SMILES string of the molecule is C[Si](C)(C)C1C=C(C(P)(C2CNCCN2)C2CNCCN2)C(C2(CP)C3CC4CC(C3)CC2C4)=C1. The van der Waals surface area contributed by atoms with E-state index >= 15 is 0 Å². The van der Waals surface area contributed by atoms with Crippen LogP contribution in [-0.2, 0) is 0 Å². The topological polar surface area (TPSA) is 48.1 Å². The molecule has 0 aromatic carbocycles. The van der Waals surface area contributed by atoms with Crippen molar-refractivity contribution in [1.29, 1.82) is 0 Å². The predicted octanol–water partition coefficient (Wildman–Crippen LogP) is 3.62. The second-order valence-corrected chi connectivity index (χ2v) is 20.7. The zero-order valence-electron chi connectivity index (χ0n) is 22.3. The molecule has 0 spiro atoms. The zero-order valence-corrected chi connectivity index (χ0v) is 25.6. The fourth-order valence-electron chi connectivity index (χ4n) is 9.38. The molecule has 196 valence electrons. The van der Waals surface area contributed by atoms with Crippen molar-refractivity contribution in [3.63, 3.8) is 0 Å². The fourth-order valence-corrected chi connectivity index (χ4v) is 12.3. The van der Waals surface area contributed by atoms with Gasteiger partial charge in [-0.3, -0.25) is 0 Å². The molecule has 4 nitrogen and oxygen atoms in total. The van der Waals surface area contributed by atoms with Crippen LogP contribution >= 0.6 is 18.5 Å². The van der Waals surface area contributed by atoms with Gasteiger partial charge in [0, 0.05) is 61.9 Å². The van der Waals surface area contributed by atoms with Gasteiger partial charge < -0.3 is 21.3 Å². The second-order valence-electron chi connectivity index (χ2n) is 14.0. The zero-order chi connectivity index (χ0) is 24.4. The quantitative estimate of drug-likeness (QED) is 0.312. The molecule has 7 rings (SSSR count). The number of piperazine rings is 2. The molecule has 0 radical (unpaired) electrons. The van der Waals surface area contributed by atoms with Gasteiger partial charge in [0.15, 0.2) is 0 Å². The first-order valence-corrected chi connectivity index (χ1v) is 19.6. The molecule has 4 N–H and O–H groups in total. The highest BCUT2D eigenvalue weighted by Crippen LogP contribution is 2.68. The van der Waals surface area contributed by atoms with E-state index < -0.39 is 8.07 Å². The molecule has 5 unspecified atom stereocenters. The van der Waals surface area contributed by atoms with Crippen LogP contribution in [0.5, 0.6) is 0 Å². The average molecular weight is 533 g/mol. The minimum atomic E-state index is -1.38. The molecule has 0 aromatic heterocycles. The Hall–Kier alpha value is 0.397. The van der Waals surface area contributed by atoms with Crippen LogP contribution in [0.3, 0.4) is 0 Å². The molecule has 0 aromatic rings. The van der Waals surface area contributed by atoms with Crippen molar-refractivity contribution in [3.8, 4) is 0 Å². The third kappa shape index (κ3) is 4.14. The van der Waals surface area contributed by atoms with E-state index in [2.05, 4.69) is 71.5 Å². The van der Waals surface area contributed by atoms with Gasteiger partial charge in [-0.25, -0.2) is 0 Å². The molecular weight excluding hydrogens is 482 g/mol. The van der Waals surface area contributed by atoms with E-state index in [0.29, 0.717) is 23.0 Å². The van der Waals surface area contributed by atoms with Gasteiger partial charge in [-0.05, 0) is 78.6 Å². The molecule has 5 aliphatic carbocycles. The first-order valence-electron chi connectivity index (χ1n) is 14.6. The molecule has 35 heavy (non-hydrogen) atoms. The molecular formula is C28H50N4P2Si. The molecule has 0 amide bonds. The molecule has 6 fully saturated rings. The first-order chi connectivity index (χ1) is 16.8. The lowest BCUT2D eigenvalue weighted by molar-refractivity contribution is -0.0738. The molecule has 7 heteroatoms. The van der Waals surface area contributed by atoms with E-state index in [1.807, 2.05) is 0 Å². The van der Waals surface area contributed by atoms with E-state index in [1.54, 1.807) is 11.1 Å². The number of hydrogen-bond donors (Lipinski definition) is 4. The van der Waals surface area contributed by atoms with Crippen molar-refractivity contribution >= 4 is 26.6 Å². The number of nitrogens with one attached hydrogen (secondary N) is 4. The Bertz CT molecular complexity index is 823. The van der Waals surface area contributed by atoms with E-state index in [-0.39, 0.29) is 5.16 Å². The van der Waals surface area contributed by atoms with Crippen LogP contribution in [0.4, 0.5) is 0 Å². The summed E-state index contributed by atoms with van der Waals surface area (Å²) >= 11 is 0. The van der Waals surface area contributed by atoms with Gasteiger partial charge in [-0.2, -0.15) is 0 Å². The lowest BCUT2D eigenvalue weighted by atomic mass is 9.43. The van der Waals surface area contributed by atoms with Crippen LogP contribution in [0.2, 0.25) is 25.2 Å². The highest BCUT2D eigenvalue weighted by Gasteiger charge is 2.61. The summed E-state index contributed by atoms with van der Waals surface area (Å²) in [5.74, 6) is 3.79. The summed E-state index contributed by atoms with van der Waals surface area (Å²) in [4.78, 5) is 0. The highest BCUT2D eigenvalue weighted by atomic mass is 31.0. The summed E-state index contributed by atoms with van der Waals surface area (Å²) in [5.41, 5.74) is 4.51. The Morgan fingerprint density at radius 1 is 0.857 bits per heavy atom. The van der Waals surface area contributed by atoms with Crippen molar-refractivity contribution in [1.82, 2.24) is 21.3 Å². The first kappa shape index (κ1) is 25.7. The van der Waals surface area contributed by atoms with Gasteiger partial charge in [0.05, 0.1) is 8.07 Å². The summed E-state index contributed by atoms with van der Waals surface area (Å²) in [6.07, 6.45) is 14.4. The average Bonchev–Trinajstić information content (AvgIpc) is 3.32. The van der Waals surface area contributed by atoms with E-state index in [4.69, 9.17) is 0 Å². The smallest absolute Gasteiger partial charge is 0.0558 e. The third-order valence-corrected chi connectivity index (χ3v) is 15.2. The summed E-state index contributed by atoms with van der Waals surface area (Å²) in [6.45, 7) is 14.1. The van der Waals surface area contributed by atoms with E-state index in [0.717, 1.165) is 62.9 Å². The minimum Gasteiger partial charge on any atom is -0.314 e.